The highest BCUT2D eigenvalue weighted by Gasteiger charge is 2.18. The number of hydrogen-bond donors (Lipinski definition) is 2. The molecule has 0 aliphatic rings. The molecule has 1 atom stereocenters. The topological polar surface area (TPSA) is 79.3 Å². The van der Waals surface area contributed by atoms with Gasteiger partial charge in [-0.2, -0.15) is 0 Å². The van der Waals surface area contributed by atoms with Gasteiger partial charge in [-0.1, -0.05) is 30.3 Å². The summed E-state index contributed by atoms with van der Waals surface area (Å²) in [5, 5.41) is 11.8. The molecule has 0 spiro atoms. The van der Waals surface area contributed by atoms with Crippen LogP contribution in [-0.4, -0.2) is 22.0 Å². The molecule has 0 saturated carbocycles. The van der Waals surface area contributed by atoms with Crippen LogP contribution in [0.1, 0.15) is 33.9 Å². The molecule has 1 aromatic carbocycles. The summed E-state index contributed by atoms with van der Waals surface area (Å²) in [6.45, 7) is 1.84. The molecule has 0 aliphatic carbocycles. The molecule has 0 saturated heterocycles. The van der Waals surface area contributed by atoms with Gasteiger partial charge in [0.25, 0.3) is 5.91 Å². The summed E-state index contributed by atoms with van der Waals surface area (Å²) < 4.78 is 0. The molecule has 108 valence electrons. The van der Waals surface area contributed by atoms with Crippen LogP contribution in [0.4, 0.5) is 0 Å². The van der Waals surface area contributed by atoms with Crippen molar-refractivity contribution in [2.75, 3.05) is 0 Å². The second-order valence-corrected chi connectivity index (χ2v) is 4.79. The van der Waals surface area contributed by atoms with E-state index in [-0.39, 0.29) is 12.3 Å². The van der Waals surface area contributed by atoms with Crippen LogP contribution in [0.25, 0.3) is 0 Å². The van der Waals surface area contributed by atoms with Gasteiger partial charge in [0.1, 0.15) is 0 Å². The Morgan fingerprint density at radius 3 is 2.57 bits per heavy atom. The van der Waals surface area contributed by atoms with E-state index in [4.69, 9.17) is 5.11 Å². The van der Waals surface area contributed by atoms with Crippen molar-refractivity contribution in [1.29, 1.82) is 0 Å². The zero-order valence-corrected chi connectivity index (χ0v) is 11.6. The predicted molar refractivity (Wildman–Crippen MR) is 77.9 cm³/mol. The second-order valence-electron chi connectivity index (χ2n) is 4.79. The lowest BCUT2D eigenvalue weighted by Gasteiger charge is -2.17. The Morgan fingerprint density at radius 1 is 1.24 bits per heavy atom. The number of aromatic nitrogens is 1. The largest absolute Gasteiger partial charge is 0.481 e. The molecular formula is C16H16N2O3. The third-order valence-electron chi connectivity index (χ3n) is 3.02. The maximum absolute atomic E-state index is 12.2. The van der Waals surface area contributed by atoms with Gasteiger partial charge in [-0.15, -0.1) is 0 Å². The van der Waals surface area contributed by atoms with Crippen LogP contribution in [0, 0.1) is 6.92 Å². The van der Waals surface area contributed by atoms with Crippen molar-refractivity contribution in [2.24, 2.45) is 0 Å². The number of nitrogens with zero attached hydrogens (tertiary/aromatic N) is 1. The van der Waals surface area contributed by atoms with Gasteiger partial charge >= 0.3 is 5.97 Å². The number of carboxylic acids is 1. The van der Waals surface area contributed by atoms with Crippen molar-refractivity contribution in [2.45, 2.75) is 19.4 Å². The lowest BCUT2D eigenvalue weighted by atomic mass is 10.0. The maximum atomic E-state index is 12.2. The average Bonchev–Trinajstić information content (AvgIpc) is 2.47. The van der Waals surface area contributed by atoms with Crippen molar-refractivity contribution in [1.82, 2.24) is 10.3 Å². The highest BCUT2D eigenvalue weighted by molar-refractivity contribution is 5.94. The van der Waals surface area contributed by atoms with E-state index in [1.165, 1.54) is 6.20 Å². The van der Waals surface area contributed by atoms with E-state index < -0.39 is 12.0 Å². The summed E-state index contributed by atoms with van der Waals surface area (Å²) in [7, 11) is 0. The standard InChI is InChI=1S/C16H16N2O3/c1-11-7-13(10-17-9-11)16(21)18-14(8-15(19)20)12-5-3-2-4-6-12/h2-7,9-10,14H,8H2,1H3,(H,18,21)(H,19,20). The number of benzene rings is 1. The van der Waals surface area contributed by atoms with Crippen molar-refractivity contribution >= 4 is 11.9 Å². The van der Waals surface area contributed by atoms with Crippen molar-refractivity contribution < 1.29 is 14.7 Å². The monoisotopic (exact) mass is 284 g/mol. The number of nitrogens with one attached hydrogen (secondary N) is 1. The molecule has 1 aromatic heterocycles. The van der Waals surface area contributed by atoms with Crippen LogP contribution >= 0.6 is 0 Å². The molecule has 21 heavy (non-hydrogen) atoms. The molecule has 2 N–H and O–H groups in total. The Balaban J connectivity index is 2.19. The Kier molecular flexibility index (Phi) is 4.66. The molecule has 0 radical (unpaired) electrons. The fraction of sp³-hybridized carbons (Fsp3) is 0.188. The Morgan fingerprint density at radius 2 is 1.95 bits per heavy atom. The maximum Gasteiger partial charge on any atom is 0.305 e. The van der Waals surface area contributed by atoms with Crippen LogP contribution < -0.4 is 5.32 Å². The number of carboxylic acid groups (broad SMARTS) is 1. The number of carbonyl (C=O) groups excluding carboxylic acids is 1. The normalized spacial score (nSPS) is 11.7. The van der Waals surface area contributed by atoms with Gasteiger partial charge in [0.2, 0.25) is 0 Å². The van der Waals surface area contributed by atoms with Gasteiger partial charge in [0, 0.05) is 12.4 Å². The number of amides is 1. The van der Waals surface area contributed by atoms with E-state index >= 15 is 0 Å². The quantitative estimate of drug-likeness (QED) is 0.883. The van der Waals surface area contributed by atoms with Crippen molar-refractivity contribution in [3.05, 3.63) is 65.5 Å². The highest BCUT2D eigenvalue weighted by Crippen LogP contribution is 2.17. The molecule has 1 heterocycles. The molecule has 1 amide bonds. The van der Waals surface area contributed by atoms with E-state index in [9.17, 15) is 9.59 Å². The summed E-state index contributed by atoms with van der Waals surface area (Å²) in [4.78, 5) is 27.2. The van der Waals surface area contributed by atoms with Gasteiger partial charge in [0.15, 0.2) is 0 Å². The molecule has 5 nitrogen and oxygen atoms in total. The van der Waals surface area contributed by atoms with Crippen LogP contribution in [-0.2, 0) is 4.79 Å². The van der Waals surface area contributed by atoms with E-state index in [0.29, 0.717) is 5.56 Å². The predicted octanol–water partition coefficient (Wildman–Crippen LogP) is 2.34. The van der Waals surface area contributed by atoms with Crippen molar-refractivity contribution in [3.63, 3.8) is 0 Å². The fourth-order valence-electron chi connectivity index (χ4n) is 2.03. The molecule has 5 heteroatoms. The third kappa shape index (κ3) is 4.14. The Hall–Kier alpha value is -2.69. The summed E-state index contributed by atoms with van der Waals surface area (Å²) in [5.41, 5.74) is 2.05. The first-order chi connectivity index (χ1) is 10.1. The minimum atomic E-state index is -0.966. The minimum Gasteiger partial charge on any atom is -0.481 e. The first-order valence-electron chi connectivity index (χ1n) is 6.55. The minimum absolute atomic E-state index is 0.172. The summed E-state index contributed by atoms with van der Waals surface area (Å²) >= 11 is 0. The first kappa shape index (κ1) is 14.7. The zero-order chi connectivity index (χ0) is 15.2. The van der Waals surface area contributed by atoms with E-state index in [1.54, 1.807) is 24.4 Å². The number of rotatable bonds is 5. The number of aliphatic carboxylic acids is 1. The molecule has 2 rings (SSSR count). The van der Waals surface area contributed by atoms with E-state index in [2.05, 4.69) is 10.3 Å². The highest BCUT2D eigenvalue weighted by atomic mass is 16.4. The number of hydrogen-bond acceptors (Lipinski definition) is 3. The number of pyridine rings is 1. The second kappa shape index (κ2) is 6.65. The van der Waals surface area contributed by atoms with Gasteiger partial charge in [-0.25, -0.2) is 0 Å². The van der Waals surface area contributed by atoms with Crippen molar-refractivity contribution in [3.8, 4) is 0 Å². The molecule has 1 unspecified atom stereocenters. The smallest absolute Gasteiger partial charge is 0.305 e. The number of aryl methyl sites for hydroxylation is 1. The molecule has 2 aromatic rings. The van der Waals surface area contributed by atoms with Gasteiger partial charge < -0.3 is 10.4 Å². The molecule has 0 fully saturated rings. The SMILES string of the molecule is Cc1cncc(C(=O)NC(CC(=O)O)c2ccccc2)c1. The van der Waals surface area contributed by atoms with Gasteiger partial charge in [-0.3, -0.25) is 14.6 Å². The van der Waals surface area contributed by atoms with E-state index in [0.717, 1.165) is 11.1 Å². The third-order valence-corrected chi connectivity index (χ3v) is 3.02. The van der Waals surface area contributed by atoms with E-state index in [1.807, 2.05) is 25.1 Å². The zero-order valence-electron chi connectivity index (χ0n) is 11.6. The lowest BCUT2D eigenvalue weighted by Crippen LogP contribution is -2.30. The molecular weight excluding hydrogens is 268 g/mol. The summed E-state index contributed by atoms with van der Waals surface area (Å²) in [6, 6.07) is 10.2. The molecule has 0 aliphatic heterocycles. The van der Waals surface area contributed by atoms with Crippen LogP contribution in [0.15, 0.2) is 48.8 Å². The van der Waals surface area contributed by atoms with Gasteiger partial charge in [0.05, 0.1) is 18.0 Å². The average molecular weight is 284 g/mol. The first-order valence-corrected chi connectivity index (χ1v) is 6.55. The number of carbonyl (C=O) groups is 2. The van der Waals surface area contributed by atoms with Crippen LogP contribution in [0.3, 0.4) is 0 Å². The van der Waals surface area contributed by atoms with Crippen LogP contribution in [0.2, 0.25) is 0 Å². The fourth-order valence-corrected chi connectivity index (χ4v) is 2.03. The van der Waals surface area contributed by atoms with Crippen LogP contribution in [0.5, 0.6) is 0 Å². The van der Waals surface area contributed by atoms with Gasteiger partial charge in [-0.05, 0) is 24.1 Å². The Labute approximate surface area is 122 Å². The summed E-state index contributed by atoms with van der Waals surface area (Å²) in [5.74, 6) is -1.30. The molecule has 0 bridgehead atoms. The summed E-state index contributed by atoms with van der Waals surface area (Å²) in [6.07, 6.45) is 2.95. The lowest BCUT2D eigenvalue weighted by molar-refractivity contribution is -0.137. The Bertz CT molecular complexity index is 641.